The topological polar surface area (TPSA) is 120 Å². The molecule has 3 rings (SSSR count). The van der Waals surface area contributed by atoms with Gasteiger partial charge >= 0.3 is 5.97 Å². The van der Waals surface area contributed by atoms with Crippen LogP contribution in [0.15, 0.2) is 29.1 Å². The van der Waals surface area contributed by atoms with Gasteiger partial charge in [-0.3, -0.25) is 4.79 Å². The molecule has 0 spiro atoms. The highest BCUT2D eigenvalue weighted by molar-refractivity contribution is 7.19. The van der Waals surface area contributed by atoms with Crippen LogP contribution in [-0.2, 0) is 4.74 Å². The fourth-order valence-corrected chi connectivity index (χ4v) is 3.53. The number of ether oxygens (including phenoxy) is 2. The number of nitrogens with zero attached hydrogens (tertiary/aromatic N) is 3. The third-order valence-corrected chi connectivity index (χ3v) is 4.66. The van der Waals surface area contributed by atoms with Gasteiger partial charge in [0.2, 0.25) is 0 Å². The number of anilines is 1. The summed E-state index contributed by atoms with van der Waals surface area (Å²) in [5.41, 5.74) is 5.70. The molecule has 0 bridgehead atoms. The number of carbonyl (C=O) groups is 1. The molecule has 0 unspecified atom stereocenters. The van der Waals surface area contributed by atoms with E-state index in [-0.39, 0.29) is 33.0 Å². The second-order valence-corrected chi connectivity index (χ2v) is 6.17. The summed E-state index contributed by atoms with van der Waals surface area (Å²) in [7, 11) is 1.46. The first-order chi connectivity index (χ1) is 12.5. The lowest BCUT2D eigenvalue weighted by Gasteiger charge is -2.10. The van der Waals surface area contributed by atoms with Crippen LogP contribution in [0.2, 0.25) is 0 Å². The number of fused-ring (bicyclic) bond motifs is 1. The van der Waals surface area contributed by atoms with Crippen LogP contribution in [0, 0.1) is 11.3 Å². The first kappa shape index (κ1) is 17.4. The zero-order chi connectivity index (χ0) is 18.8. The molecule has 0 aliphatic rings. The number of methoxy groups -OCH3 is 1. The van der Waals surface area contributed by atoms with Gasteiger partial charge in [0.1, 0.15) is 27.4 Å². The molecule has 0 saturated heterocycles. The number of aromatic nitrogens is 2. The summed E-state index contributed by atoms with van der Waals surface area (Å²) in [6.07, 6.45) is 0. The normalized spacial score (nSPS) is 10.5. The Morgan fingerprint density at radius 2 is 2.12 bits per heavy atom. The van der Waals surface area contributed by atoms with Crippen molar-refractivity contribution >= 4 is 33.1 Å². The van der Waals surface area contributed by atoms with Gasteiger partial charge in [0, 0.05) is 0 Å². The van der Waals surface area contributed by atoms with E-state index < -0.39 is 11.5 Å². The highest BCUT2D eigenvalue weighted by Gasteiger charge is 2.25. The van der Waals surface area contributed by atoms with Gasteiger partial charge in [0.15, 0.2) is 5.69 Å². The number of nitrogen functional groups attached to an aromatic ring is 1. The number of hydrogen-bond donors (Lipinski definition) is 1. The maximum absolute atomic E-state index is 13.0. The van der Waals surface area contributed by atoms with E-state index in [1.807, 2.05) is 6.07 Å². The fraction of sp³-hybridized carbons (Fsp3) is 0.176. The number of esters is 1. The minimum absolute atomic E-state index is 0.0653. The van der Waals surface area contributed by atoms with Crippen LogP contribution >= 0.6 is 11.3 Å². The van der Waals surface area contributed by atoms with Crippen molar-refractivity contribution < 1.29 is 14.3 Å². The predicted molar refractivity (Wildman–Crippen MR) is 96.9 cm³/mol. The first-order valence-electron chi connectivity index (χ1n) is 7.59. The summed E-state index contributed by atoms with van der Waals surface area (Å²) in [4.78, 5) is 25.3. The van der Waals surface area contributed by atoms with E-state index in [1.165, 1.54) is 7.11 Å². The van der Waals surface area contributed by atoms with E-state index in [9.17, 15) is 14.9 Å². The minimum Gasteiger partial charge on any atom is -0.494 e. The molecule has 9 heteroatoms. The summed E-state index contributed by atoms with van der Waals surface area (Å²) in [6, 6.07) is 8.69. The molecule has 132 valence electrons. The lowest BCUT2D eigenvalue weighted by Crippen LogP contribution is -2.23. The van der Waals surface area contributed by atoms with E-state index >= 15 is 0 Å². The van der Waals surface area contributed by atoms with Gasteiger partial charge < -0.3 is 15.2 Å². The zero-order valence-corrected chi connectivity index (χ0v) is 14.8. The number of para-hydroxylation sites is 2. The Bertz CT molecular complexity index is 1110. The molecule has 2 aromatic heterocycles. The number of hydrogen-bond acceptors (Lipinski definition) is 8. The van der Waals surface area contributed by atoms with Gasteiger partial charge in [-0.05, 0) is 19.1 Å². The number of rotatable bonds is 4. The number of nitriles is 1. The summed E-state index contributed by atoms with van der Waals surface area (Å²) in [5.74, 6) is -0.239. The zero-order valence-electron chi connectivity index (χ0n) is 14.0. The van der Waals surface area contributed by atoms with Crippen LogP contribution in [-0.4, -0.2) is 29.5 Å². The summed E-state index contributed by atoms with van der Waals surface area (Å²) >= 11 is 0.901. The first-order valence-corrected chi connectivity index (χ1v) is 8.41. The van der Waals surface area contributed by atoms with Crippen LogP contribution in [0.1, 0.15) is 22.3 Å². The van der Waals surface area contributed by atoms with Crippen LogP contribution in [0.4, 0.5) is 5.00 Å². The molecule has 2 N–H and O–H groups in total. The monoisotopic (exact) mass is 370 g/mol. The van der Waals surface area contributed by atoms with Crippen molar-refractivity contribution in [3.8, 4) is 17.5 Å². The van der Waals surface area contributed by atoms with Crippen LogP contribution in [0.5, 0.6) is 5.75 Å². The van der Waals surface area contributed by atoms with E-state index in [0.29, 0.717) is 11.4 Å². The number of benzene rings is 1. The Hall–Kier alpha value is -3.38. The molecule has 0 aliphatic heterocycles. The molecule has 1 aromatic carbocycles. The van der Waals surface area contributed by atoms with Crippen molar-refractivity contribution in [2.24, 2.45) is 0 Å². The second-order valence-electron chi connectivity index (χ2n) is 5.12. The Kier molecular flexibility index (Phi) is 4.60. The second kappa shape index (κ2) is 6.85. The Labute approximate surface area is 152 Å². The maximum atomic E-state index is 13.0. The van der Waals surface area contributed by atoms with Gasteiger partial charge in [0.25, 0.3) is 5.56 Å². The molecular weight excluding hydrogens is 356 g/mol. The minimum atomic E-state index is -0.646. The summed E-state index contributed by atoms with van der Waals surface area (Å²) in [5, 5.41) is 13.9. The SMILES string of the molecule is CCOC(=O)c1sc(N)c2c(=O)n(-c3ccccc3OC)nc(C#N)c12. The van der Waals surface area contributed by atoms with Crippen molar-refractivity contribution in [2.75, 3.05) is 19.5 Å². The van der Waals surface area contributed by atoms with Gasteiger partial charge in [-0.25, -0.2) is 4.79 Å². The molecular formula is C17H14N4O4S. The molecule has 2 heterocycles. The molecule has 0 aliphatic carbocycles. The van der Waals surface area contributed by atoms with Gasteiger partial charge in [-0.2, -0.15) is 15.0 Å². The average Bonchev–Trinajstić information content (AvgIpc) is 3.00. The third-order valence-electron chi connectivity index (χ3n) is 3.66. The lowest BCUT2D eigenvalue weighted by molar-refractivity contribution is 0.0534. The third kappa shape index (κ3) is 2.66. The van der Waals surface area contributed by atoms with Crippen molar-refractivity contribution in [1.29, 1.82) is 5.26 Å². The molecule has 26 heavy (non-hydrogen) atoms. The predicted octanol–water partition coefficient (Wildman–Crippen LogP) is 2.09. The summed E-state index contributed by atoms with van der Waals surface area (Å²) < 4.78 is 11.3. The van der Waals surface area contributed by atoms with E-state index in [1.54, 1.807) is 31.2 Å². The van der Waals surface area contributed by atoms with Crippen LogP contribution < -0.4 is 16.0 Å². The molecule has 0 amide bonds. The molecule has 8 nitrogen and oxygen atoms in total. The molecule has 0 saturated carbocycles. The standard InChI is InChI=1S/C17H14N4O4S/c1-3-25-17(23)14-12-9(8-18)20-21(16(22)13(12)15(19)26-14)10-6-4-5-7-11(10)24-2/h4-7H,3,19H2,1-2H3. The quantitative estimate of drug-likeness (QED) is 0.698. The highest BCUT2D eigenvalue weighted by Crippen LogP contribution is 2.34. The van der Waals surface area contributed by atoms with E-state index in [2.05, 4.69) is 5.10 Å². The Morgan fingerprint density at radius 1 is 1.38 bits per heavy atom. The summed E-state index contributed by atoms with van der Waals surface area (Å²) in [6.45, 7) is 1.82. The van der Waals surface area contributed by atoms with Gasteiger partial charge in [0.05, 0.1) is 24.5 Å². The molecule has 3 aromatic rings. The number of thiophene rings is 1. The van der Waals surface area contributed by atoms with Gasteiger partial charge in [-0.1, -0.05) is 12.1 Å². The number of nitrogens with two attached hydrogens (primary N) is 1. The van der Waals surface area contributed by atoms with E-state index in [4.69, 9.17) is 15.2 Å². The molecule has 0 radical (unpaired) electrons. The average molecular weight is 370 g/mol. The highest BCUT2D eigenvalue weighted by atomic mass is 32.1. The van der Waals surface area contributed by atoms with Crippen molar-refractivity contribution in [3.05, 3.63) is 45.2 Å². The largest absolute Gasteiger partial charge is 0.494 e. The van der Waals surface area contributed by atoms with Crippen molar-refractivity contribution in [1.82, 2.24) is 9.78 Å². The van der Waals surface area contributed by atoms with Crippen molar-refractivity contribution in [3.63, 3.8) is 0 Å². The van der Waals surface area contributed by atoms with Crippen LogP contribution in [0.3, 0.4) is 0 Å². The Morgan fingerprint density at radius 3 is 2.77 bits per heavy atom. The van der Waals surface area contributed by atoms with Crippen molar-refractivity contribution in [2.45, 2.75) is 6.92 Å². The molecule has 0 fully saturated rings. The van der Waals surface area contributed by atoms with E-state index in [0.717, 1.165) is 16.0 Å². The number of carbonyl (C=O) groups excluding carboxylic acids is 1. The fourth-order valence-electron chi connectivity index (χ4n) is 2.57. The van der Waals surface area contributed by atoms with Gasteiger partial charge in [-0.15, -0.1) is 11.3 Å². The lowest BCUT2D eigenvalue weighted by atomic mass is 10.2. The Balaban J connectivity index is 2.39. The molecule has 0 atom stereocenters. The maximum Gasteiger partial charge on any atom is 0.349 e. The smallest absolute Gasteiger partial charge is 0.349 e. The van der Waals surface area contributed by atoms with Crippen LogP contribution in [0.25, 0.3) is 16.5 Å².